The molecule has 0 saturated carbocycles. The molecule has 0 heterocycles. The van der Waals surface area contributed by atoms with Crippen molar-refractivity contribution >= 4 is 25.7 Å². The van der Waals surface area contributed by atoms with Gasteiger partial charge in [-0.2, -0.15) is 0 Å². The molecule has 0 fully saturated rings. The van der Waals surface area contributed by atoms with Crippen LogP contribution in [-0.2, 0) is 20.0 Å². The van der Waals surface area contributed by atoms with E-state index in [4.69, 9.17) is 0 Å². The average molecular weight is 384 g/mol. The maximum atomic E-state index is 12.8. The van der Waals surface area contributed by atoms with Gasteiger partial charge in [-0.05, 0) is 55.5 Å². The van der Waals surface area contributed by atoms with Crippen molar-refractivity contribution in [3.05, 3.63) is 48.5 Å². The molecular formula is C16H20N2O5S2. The van der Waals surface area contributed by atoms with Crippen molar-refractivity contribution in [2.24, 2.45) is 0 Å². The highest BCUT2D eigenvalue weighted by molar-refractivity contribution is 7.92. The van der Waals surface area contributed by atoms with Crippen molar-refractivity contribution in [2.45, 2.75) is 16.7 Å². The van der Waals surface area contributed by atoms with Gasteiger partial charge in [-0.1, -0.05) is 0 Å². The number of anilines is 1. The van der Waals surface area contributed by atoms with E-state index in [2.05, 4.69) is 0 Å². The zero-order valence-electron chi connectivity index (χ0n) is 14.1. The number of hydrogen-bond donors (Lipinski definition) is 1. The van der Waals surface area contributed by atoms with E-state index in [1.165, 1.54) is 66.9 Å². The molecule has 9 heteroatoms. The van der Waals surface area contributed by atoms with E-state index >= 15 is 0 Å². The van der Waals surface area contributed by atoms with Crippen LogP contribution in [0.5, 0.6) is 5.75 Å². The zero-order valence-corrected chi connectivity index (χ0v) is 15.8. The lowest BCUT2D eigenvalue weighted by atomic mass is 10.3. The highest BCUT2D eigenvalue weighted by atomic mass is 32.2. The third-order valence-corrected chi connectivity index (χ3v) is 7.36. The Kier molecular flexibility index (Phi) is 5.40. The van der Waals surface area contributed by atoms with E-state index in [1.54, 1.807) is 6.92 Å². The molecule has 0 aliphatic carbocycles. The minimum absolute atomic E-state index is 0.0138. The smallest absolute Gasteiger partial charge is 0.264 e. The minimum atomic E-state index is -3.86. The molecule has 7 nitrogen and oxygen atoms in total. The Labute approximate surface area is 148 Å². The molecule has 25 heavy (non-hydrogen) atoms. The number of rotatable bonds is 6. The Morgan fingerprint density at radius 2 is 1.24 bits per heavy atom. The fourth-order valence-corrected chi connectivity index (χ4v) is 4.61. The van der Waals surface area contributed by atoms with Crippen LogP contribution in [0.25, 0.3) is 0 Å². The third-order valence-electron chi connectivity index (χ3n) is 3.62. The van der Waals surface area contributed by atoms with E-state index in [0.29, 0.717) is 5.69 Å². The second kappa shape index (κ2) is 7.03. The molecule has 0 aliphatic heterocycles. The summed E-state index contributed by atoms with van der Waals surface area (Å²) in [5.74, 6) is 0.0374. The minimum Gasteiger partial charge on any atom is -0.508 e. The number of nitrogens with zero attached hydrogens (tertiary/aromatic N) is 2. The maximum Gasteiger partial charge on any atom is 0.264 e. The van der Waals surface area contributed by atoms with E-state index in [0.717, 1.165) is 4.31 Å². The topological polar surface area (TPSA) is 95.0 Å². The third kappa shape index (κ3) is 3.78. The zero-order chi connectivity index (χ0) is 18.8. The second-order valence-corrected chi connectivity index (χ2v) is 9.46. The Morgan fingerprint density at radius 3 is 1.64 bits per heavy atom. The van der Waals surface area contributed by atoms with Crippen molar-refractivity contribution in [2.75, 3.05) is 24.9 Å². The van der Waals surface area contributed by atoms with Crippen molar-refractivity contribution in [3.63, 3.8) is 0 Å². The Morgan fingerprint density at radius 1 is 0.800 bits per heavy atom. The normalized spacial score (nSPS) is 12.3. The van der Waals surface area contributed by atoms with Gasteiger partial charge in [0.05, 0.1) is 15.5 Å². The first-order chi connectivity index (χ1) is 11.6. The molecule has 0 spiro atoms. The van der Waals surface area contributed by atoms with Gasteiger partial charge in [0.2, 0.25) is 10.0 Å². The van der Waals surface area contributed by atoms with Crippen molar-refractivity contribution in [1.82, 2.24) is 4.31 Å². The van der Waals surface area contributed by atoms with Crippen LogP contribution >= 0.6 is 0 Å². The SMILES string of the molecule is CCN(c1ccc(O)cc1)S(=O)(=O)c1ccc(S(=O)(=O)N(C)C)cc1. The molecule has 2 aromatic carbocycles. The van der Waals surface area contributed by atoms with Crippen LogP contribution < -0.4 is 4.31 Å². The molecule has 136 valence electrons. The average Bonchev–Trinajstić information content (AvgIpc) is 2.57. The maximum absolute atomic E-state index is 12.8. The predicted molar refractivity (Wildman–Crippen MR) is 95.6 cm³/mol. The molecule has 0 aromatic heterocycles. The molecule has 0 radical (unpaired) electrons. The number of benzene rings is 2. The fourth-order valence-electron chi connectivity index (χ4n) is 2.23. The molecule has 0 atom stereocenters. The Balaban J connectivity index is 2.43. The van der Waals surface area contributed by atoms with Crippen LogP contribution in [0.2, 0.25) is 0 Å². The highest BCUT2D eigenvalue weighted by Crippen LogP contribution is 2.26. The summed E-state index contributed by atoms with van der Waals surface area (Å²) in [5.41, 5.74) is 0.408. The van der Waals surface area contributed by atoms with Gasteiger partial charge in [-0.3, -0.25) is 4.31 Å². The standard InChI is InChI=1S/C16H20N2O5S2/c1-4-18(13-5-7-14(19)8-6-13)25(22,23)16-11-9-15(10-12-16)24(20,21)17(2)3/h5-12,19H,4H2,1-3H3. The summed E-state index contributed by atoms with van der Waals surface area (Å²) in [6, 6.07) is 10.9. The van der Waals surface area contributed by atoms with Crippen molar-refractivity contribution in [3.8, 4) is 5.75 Å². The van der Waals surface area contributed by atoms with Crippen LogP contribution in [0.4, 0.5) is 5.69 Å². The molecular weight excluding hydrogens is 364 g/mol. The van der Waals surface area contributed by atoms with Gasteiger partial charge in [-0.15, -0.1) is 0 Å². The van der Waals surface area contributed by atoms with Crippen molar-refractivity contribution in [1.29, 1.82) is 0 Å². The first-order valence-corrected chi connectivity index (χ1v) is 10.3. The summed E-state index contributed by atoms with van der Waals surface area (Å²) in [6.07, 6.45) is 0. The van der Waals surface area contributed by atoms with Crippen LogP contribution in [0.15, 0.2) is 58.3 Å². The number of hydrogen-bond acceptors (Lipinski definition) is 5. The Hall–Kier alpha value is -2.10. The summed E-state index contributed by atoms with van der Waals surface area (Å²) in [7, 11) is -4.67. The van der Waals surface area contributed by atoms with Gasteiger partial charge in [-0.25, -0.2) is 21.1 Å². The first kappa shape index (κ1) is 19.2. The van der Waals surface area contributed by atoms with Gasteiger partial charge in [0, 0.05) is 20.6 Å². The first-order valence-electron chi connectivity index (χ1n) is 7.45. The summed E-state index contributed by atoms with van der Waals surface area (Å²) in [5, 5.41) is 9.35. The second-order valence-electron chi connectivity index (χ2n) is 5.45. The molecule has 0 bridgehead atoms. The van der Waals surface area contributed by atoms with Crippen LogP contribution in [0.1, 0.15) is 6.92 Å². The fraction of sp³-hybridized carbons (Fsp3) is 0.250. The summed E-state index contributed by atoms with van der Waals surface area (Å²) in [4.78, 5) is 0.00395. The van der Waals surface area contributed by atoms with Crippen LogP contribution in [0, 0.1) is 0 Å². The van der Waals surface area contributed by atoms with Gasteiger partial charge < -0.3 is 5.11 Å². The molecule has 2 rings (SSSR count). The van der Waals surface area contributed by atoms with Gasteiger partial charge in [0.25, 0.3) is 10.0 Å². The van der Waals surface area contributed by atoms with E-state index in [9.17, 15) is 21.9 Å². The van der Waals surface area contributed by atoms with E-state index in [-0.39, 0.29) is 22.1 Å². The highest BCUT2D eigenvalue weighted by Gasteiger charge is 2.25. The van der Waals surface area contributed by atoms with E-state index in [1.807, 2.05) is 0 Å². The number of phenolic OH excluding ortho intramolecular Hbond substituents is 1. The summed E-state index contributed by atoms with van der Waals surface area (Å²) >= 11 is 0. The number of aromatic hydroxyl groups is 1. The molecule has 1 N–H and O–H groups in total. The molecule has 0 saturated heterocycles. The van der Waals surface area contributed by atoms with Gasteiger partial charge >= 0.3 is 0 Å². The Bertz CT molecular complexity index is 935. The lowest BCUT2D eigenvalue weighted by Crippen LogP contribution is -2.30. The molecule has 0 amide bonds. The molecule has 2 aromatic rings. The largest absolute Gasteiger partial charge is 0.508 e. The summed E-state index contributed by atoms with van der Waals surface area (Å²) in [6.45, 7) is 1.88. The molecule has 0 unspecified atom stereocenters. The lowest BCUT2D eigenvalue weighted by molar-refractivity contribution is 0.475. The summed E-state index contributed by atoms with van der Waals surface area (Å²) < 4.78 is 52.1. The van der Waals surface area contributed by atoms with Gasteiger partial charge in [0.1, 0.15) is 5.75 Å². The van der Waals surface area contributed by atoms with Crippen LogP contribution in [0.3, 0.4) is 0 Å². The van der Waals surface area contributed by atoms with Crippen molar-refractivity contribution < 1.29 is 21.9 Å². The van der Waals surface area contributed by atoms with E-state index < -0.39 is 20.0 Å². The molecule has 0 aliphatic rings. The van der Waals surface area contributed by atoms with Crippen LogP contribution in [-0.4, -0.2) is 46.9 Å². The number of phenols is 1. The monoisotopic (exact) mass is 384 g/mol. The lowest BCUT2D eigenvalue weighted by Gasteiger charge is -2.23. The quantitative estimate of drug-likeness (QED) is 0.820. The number of sulfonamides is 2. The predicted octanol–water partition coefficient (Wildman–Crippen LogP) is 1.86. The van der Waals surface area contributed by atoms with Gasteiger partial charge in [0.15, 0.2) is 0 Å².